The van der Waals surface area contributed by atoms with Gasteiger partial charge in [0.1, 0.15) is 8.07 Å². The van der Waals surface area contributed by atoms with E-state index in [1.54, 1.807) is 0 Å². The van der Waals surface area contributed by atoms with Crippen molar-refractivity contribution >= 4 is 31.6 Å². The lowest BCUT2D eigenvalue weighted by Gasteiger charge is -2.30. The molecule has 21 heavy (non-hydrogen) atoms. The van der Waals surface area contributed by atoms with Crippen molar-refractivity contribution in [3.8, 4) is 11.5 Å². The number of hydrogen-bond donors (Lipinski definition) is 0. The molecule has 0 bridgehead atoms. The zero-order chi connectivity index (χ0) is 15.5. The van der Waals surface area contributed by atoms with E-state index < -0.39 is 8.07 Å². The van der Waals surface area contributed by atoms with Gasteiger partial charge in [-0.1, -0.05) is 57.6 Å². The topological polar surface area (TPSA) is 0 Å². The predicted octanol–water partition coefficient (Wildman–Crippen LogP) is 5.67. The molecule has 0 N–H and O–H groups in total. The minimum absolute atomic E-state index is 0.562. The first-order chi connectivity index (χ1) is 9.87. The van der Waals surface area contributed by atoms with Crippen molar-refractivity contribution in [3.05, 3.63) is 35.4 Å². The van der Waals surface area contributed by atoms with Crippen molar-refractivity contribution in [2.75, 3.05) is 11.5 Å². The summed E-state index contributed by atoms with van der Waals surface area (Å²) in [5, 5.41) is 0. The molecule has 0 amide bonds. The van der Waals surface area contributed by atoms with Crippen molar-refractivity contribution in [1.29, 1.82) is 0 Å². The summed E-state index contributed by atoms with van der Waals surface area (Å²) in [6, 6.07) is 8.74. The van der Waals surface area contributed by atoms with Crippen LogP contribution in [0.3, 0.4) is 0 Å². The number of rotatable bonds is 2. The van der Waals surface area contributed by atoms with Crippen LogP contribution in [0.15, 0.2) is 24.3 Å². The molecule has 114 valence electrons. The Balaban J connectivity index is 2.16. The number of thioether (sulfide) groups is 2. The van der Waals surface area contributed by atoms with Gasteiger partial charge in [0, 0.05) is 5.56 Å². The van der Waals surface area contributed by atoms with Crippen LogP contribution in [0, 0.1) is 23.3 Å². The van der Waals surface area contributed by atoms with Gasteiger partial charge in [0.25, 0.3) is 0 Å². The van der Waals surface area contributed by atoms with E-state index in [-0.39, 0.29) is 0 Å². The van der Waals surface area contributed by atoms with Crippen LogP contribution in [0.5, 0.6) is 0 Å². The van der Waals surface area contributed by atoms with Crippen molar-refractivity contribution in [2.45, 2.75) is 38.1 Å². The Morgan fingerprint density at radius 2 is 1.71 bits per heavy atom. The highest BCUT2D eigenvalue weighted by atomic mass is 32.2. The molecule has 0 atom stereocenters. The van der Waals surface area contributed by atoms with Crippen LogP contribution >= 0.6 is 23.5 Å². The molecule has 0 spiro atoms. The van der Waals surface area contributed by atoms with Gasteiger partial charge in [0.2, 0.25) is 0 Å². The molecule has 1 aliphatic rings. The third kappa shape index (κ3) is 5.12. The molecule has 0 unspecified atom stereocenters. The van der Waals surface area contributed by atoms with E-state index in [0.717, 1.165) is 11.8 Å². The molecule has 1 aromatic carbocycles. The summed E-state index contributed by atoms with van der Waals surface area (Å²) >= 11 is 4.21. The second kappa shape index (κ2) is 7.31. The van der Waals surface area contributed by atoms with E-state index in [9.17, 15) is 0 Å². The molecule has 0 aliphatic carbocycles. The van der Waals surface area contributed by atoms with Gasteiger partial charge < -0.3 is 0 Å². The van der Waals surface area contributed by atoms with Gasteiger partial charge >= 0.3 is 0 Å². The van der Waals surface area contributed by atoms with E-state index in [2.05, 4.69) is 92.7 Å². The lowest BCUT2D eigenvalue weighted by molar-refractivity contribution is 0.470. The Bertz CT molecular complexity index is 526. The summed E-state index contributed by atoms with van der Waals surface area (Å²) in [7, 11) is -1.31. The minimum Gasteiger partial charge on any atom is -0.142 e. The Labute approximate surface area is 139 Å². The summed E-state index contributed by atoms with van der Waals surface area (Å²) in [6.07, 6.45) is 0. The molecule has 1 fully saturated rings. The van der Waals surface area contributed by atoms with Crippen molar-refractivity contribution < 1.29 is 0 Å². The molecule has 1 aromatic rings. The van der Waals surface area contributed by atoms with Crippen LogP contribution < -0.4 is 0 Å². The smallest absolute Gasteiger partial charge is 0.129 e. The first-order valence-electron chi connectivity index (χ1n) is 7.72. The normalized spacial score (nSPS) is 22.8. The van der Waals surface area contributed by atoms with Gasteiger partial charge in [0.05, 0.1) is 4.58 Å². The Hall–Kier alpha value is -0.303. The van der Waals surface area contributed by atoms with E-state index in [1.807, 2.05) is 0 Å². The first kappa shape index (κ1) is 17.1. The summed E-state index contributed by atoms with van der Waals surface area (Å²) in [5.41, 5.74) is 6.19. The summed E-state index contributed by atoms with van der Waals surface area (Å²) in [5.74, 6) is 7.69. The molecular formula is C18H26S2Si. The molecule has 2 rings (SSSR count). The molecule has 0 aromatic heterocycles. The van der Waals surface area contributed by atoms with Crippen molar-refractivity contribution in [1.82, 2.24) is 0 Å². The standard InChI is InChI=1S/C18H26S2Si/c1-14(2)16-12-19-18(20-13-16)17-9-7-6-8-15(17)10-11-21(3,4)5/h6-9,14,16,18H,12-13H2,1-5H3. The molecule has 0 saturated carbocycles. The second-order valence-electron chi connectivity index (χ2n) is 7.09. The fourth-order valence-electron chi connectivity index (χ4n) is 2.15. The Morgan fingerprint density at radius 1 is 1.10 bits per heavy atom. The van der Waals surface area contributed by atoms with Gasteiger partial charge in [0.15, 0.2) is 0 Å². The maximum absolute atomic E-state index is 3.52. The molecule has 1 saturated heterocycles. The van der Waals surface area contributed by atoms with Gasteiger partial charge in [-0.15, -0.1) is 29.1 Å². The maximum Gasteiger partial charge on any atom is 0.129 e. The maximum atomic E-state index is 3.52. The highest BCUT2D eigenvalue weighted by Crippen LogP contribution is 2.47. The number of hydrogen-bond acceptors (Lipinski definition) is 2. The van der Waals surface area contributed by atoms with Crippen LogP contribution in [-0.2, 0) is 0 Å². The monoisotopic (exact) mass is 334 g/mol. The van der Waals surface area contributed by atoms with Gasteiger partial charge in [-0.2, -0.15) is 0 Å². The lowest BCUT2D eigenvalue weighted by atomic mass is 10.0. The van der Waals surface area contributed by atoms with E-state index in [4.69, 9.17) is 0 Å². The van der Waals surface area contributed by atoms with Crippen LogP contribution in [0.1, 0.15) is 29.6 Å². The van der Waals surface area contributed by atoms with Crippen LogP contribution in [-0.4, -0.2) is 19.6 Å². The summed E-state index contributed by atoms with van der Waals surface area (Å²) in [4.78, 5) is 0. The summed E-state index contributed by atoms with van der Waals surface area (Å²) < 4.78 is 0.562. The third-order valence-electron chi connectivity index (χ3n) is 3.65. The fourth-order valence-corrected chi connectivity index (χ4v) is 6.29. The largest absolute Gasteiger partial charge is 0.142 e. The fraction of sp³-hybridized carbons (Fsp3) is 0.556. The Morgan fingerprint density at radius 3 is 2.29 bits per heavy atom. The average Bonchev–Trinajstić information content (AvgIpc) is 2.45. The second-order valence-corrected chi connectivity index (χ2v) is 14.4. The molecule has 0 nitrogen and oxygen atoms in total. The molecule has 3 heteroatoms. The molecular weight excluding hydrogens is 308 g/mol. The SMILES string of the molecule is CC(C)C1CSC(c2ccccc2C#C[Si](C)(C)C)SC1. The zero-order valence-corrected chi connectivity index (χ0v) is 16.4. The zero-order valence-electron chi connectivity index (χ0n) is 13.8. The van der Waals surface area contributed by atoms with Gasteiger partial charge in [-0.25, -0.2) is 0 Å². The van der Waals surface area contributed by atoms with Crippen molar-refractivity contribution in [2.24, 2.45) is 11.8 Å². The third-order valence-corrected chi connectivity index (χ3v) is 7.70. The molecule has 1 heterocycles. The average molecular weight is 335 g/mol. The highest BCUT2D eigenvalue weighted by molar-refractivity contribution is 8.16. The van der Waals surface area contributed by atoms with Gasteiger partial charge in [-0.3, -0.25) is 0 Å². The molecule has 1 aliphatic heterocycles. The Kier molecular flexibility index (Phi) is 5.94. The van der Waals surface area contributed by atoms with Crippen LogP contribution in [0.2, 0.25) is 19.6 Å². The summed E-state index contributed by atoms with van der Waals surface area (Å²) in [6.45, 7) is 11.6. The first-order valence-corrected chi connectivity index (χ1v) is 13.3. The predicted molar refractivity (Wildman–Crippen MR) is 103 cm³/mol. The van der Waals surface area contributed by atoms with E-state index >= 15 is 0 Å². The van der Waals surface area contributed by atoms with Gasteiger partial charge in [-0.05, 0) is 35.0 Å². The molecule has 0 radical (unpaired) electrons. The van der Waals surface area contributed by atoms with Crippen molar-refractivity contribution in [3.63, 3.8) is 0 Å². The van der Waals surface area contributed by atoms with E-state index in [0.29, 0.717) is 4.58 Å². The van der Waals surface area contributed by atoms with E-state index in [1.165, 1.54) is 22.6 Å². The van der Waals surface area contributed by atoms with Crippen LogP contribution in [0.25, 0.3) is 0 Å². The lowest BCUT2D eigenvalue weighted by Crippen LogP contribution is -2.20. The minimum atomic E-state index is -1.31. The highest BCUT2D eigenvalue weighted by Gasteiger charge is 2.26. The number of benzene rings is 1. The van der Waals surface area contributed by atoms with Crippen LogP contribution in [0.4, 0.5) is 0 Å². The quantitative estimate of drug-likeness (QED) is 0.505.